The van der Waals surface area contributed by atoms with Gasteiger partial charge in [0.25, 0.3) is 0 Å². The molecule has 0 aliphatic carbocycles. The highest BCUT2D eigenvalue weighted by molar-refractivity contribution is 5.90. The molecule has 4 unspecified atom stereocenters. The molecule has 4 N–H and O–H groups in total. The molecule has 0 bridgehead atoms. The van der Waals surface area contributed by atoms with Crippen molar-refractivity contribution in [3.63, 3.8) is 0 Å². The minimum Gasteiger partial charge on any atom is -0.445 e. The van der Waals surface area contributed by atoms with Crippen molar-refractivity contribution in [2.45, 2.75) is 134 Å². The third-order valence-electron chi connectivity index (χ3n) is 6.80. The number of unbranched alkanes of at least 4 members (excludes halogenated alkanes) is 11. The van der Waals surface area contributed by atoms with Crippen LogP contribution in [0.4, 0.5) is 0 Å². The number of rotatable bonds is 20. The van der Waals surface area contributed by atoms with Gasteiger partial charge in [0.2, 0.25) is 17.8 Å². The van der Waals surface area contributed by atoms with E-state index >= 15 is 0 Å². The van der Waals surface area contributed by atoms with Crippen LogP contribution in [-0.4, -0.2) is 82.1 Å². The van der Waals surface area contributed by atoms with Crippen molar-refractivity contribution in [3.05, 3.63) is 0 Å². The fraction of sp³-hybridized carbons (Fsp3) is 0.889. The molecule has 1 aliphatic heterocycles. The first-order valence-corrected chi connectivity index (χ1v) is 14.0. The summed E-state index contributed by atoms with van der Waals surface area (Å²) in [5.41, 5.74) is -2.04. The van der Waals surface area contributed by atoms with Crippen LogP contribution in [0.25, 0.3) is 0 Å². The van der Waals surface area contributed by atoms with Crippen LogP contribution >= 0.6 is 0 Å². The monoisotopic (exact) mass is 532 g/mol. The van der Waals surface area contributed by atoms with Crippen LogP contribution in [0, 0.1) is 0 Å². The van der Waals surface area contributed by atoms with E-state index in [-0.39, 0.29) is 12.5 Å². The molecule has 37 heavy (non-hydrogen) atoms. The summed E-state index contributed by atoms with van der Waals surface area (Å²) in [6, 6.07) is 0. The zero-order chi connectivity index (χ0) is 27.5. The van der Waals surface area contributed by atoms with E-state index in [0.29, 0.717) is 6.42 Å². The van der Waals surface area contributed by atoms with Gasteiger partial charge in [-0.25, -0.2) is 14.4 Å². The van der Waals surface area contributed by atoms with Crippen molar-refractivity contribution in [1.29, 1.82) is 0 Å². The zero-order valence-corrected chi connectivity index (χ0v) is 22.4. The van der Waals surface area contributed by atoms with E-state index in [4.69, 9.17) is 14.2 Å². The fourth-order valence-electron chi connectivity index (χ4n) is 4.38. The summed E-state index contributed by atoms with van der Waals surface area (Å²) in [7, 11) is 0. The predicted octanol–water partition coefficient (Wildman–Crippen LogP) is 2.70. The molecule has 1 fully saturated rings. The molecule has 0 aromatic rings. The molecular weight excluding hydrogens is 484 g/mol. The summed E-state index contributed by atoms with van der Waals surface area (Å²) in [5, 5.41) is 38.6. The summed E-state index contributed by atoms with van der Waals surface area (Å²) in [6.45, 7) is -0.436. The van der Waals surface area contributed by atoms with Gasteiger partial charge in [0.1, 0.15) is 0 Å². The van der Waals surface area contributed by atoms with Gasteiger partial charge in [-0.2, -0.15) is 0 Å². The van der Waals surface area contributed by atoms with Gasteiger partial charge < -0.3 is 34.6 Å². The minimum absolute atomic E-state index is 0.0284. The Hall–Kier alpha value is -1.75. The molecule has 216 valence electrons. The molecule has 0 aromatic heterocycles. The lowest BCUT2D eigenvalue weighted by atomic mass is 9.95. The lowest BCUT2D eigenvalue weighted by molar-refractivity contribution is -0.193. The van der Waals surface area contributed by atoms with E-state index in [1.165, 1.54) is 19.3 Å². The van der Waals surface area contributed by atoms with Gasteiger partial charge in [-0.15, -0.1) is 0 Å². The van der Waals surface area contributed by atoms with Gasteiger partial charge >= 0.3 is 17.9 Å². The summed E-state index contributed by atoms with van der Waals surface area (Å²) < 4.78 is 14.9. The average molecular weight is 533 g/mol. The molecule has 4 atom stereocenters. The molecule has 1 aliphatic rings. The van der Waals surface area contributed by atoms with Crippen LogP contribution in [0.5, 0.6) is 0 Å². The third-order valence-corrected chi connectivity index (χ3v) is 6.80. The van der Waals surface area contributed by atoms with Gasteiger partial charge in [-0.05, 0) is 19.3 Å². The summed E-state index contributed by atoms with van der Waals surface area (Å²) in [4.78, 5) is 37.0. The van der Waals surface area contributed by atoms with E-state index in [0.717, 1.165) is 70.6 Å². The fourth-order valence-corrected chi connectivity index (χ4v) is 4.38. The van der Waals surface area contributed by atoms with Gasteiger partial charge in [0, 0.05) is 6.42 Å². The molecule has 0 spiro atoms. The second-order valence-corrected chi connectivity index (χ2v) is 9.98. The summed E-state index contributed by atoms with van der Waals surface area (Å²) in [6.07, 6.45) is 11.6. The Labute approximate surface area is 220 Å². The van der Waals surface area contributed by atoms with Crippen LogP contribution in [0.2, 0.25) is 0 Å². The number of hydrogen-bond donors (Lipinski definition) is 4. The van der Waals surface area contributed by atoms with Crippen LogP contribution in [0.3, 0.4) is 0 Å². The maximum absolute atomic E-state index is 12.7. The minimum atomic E-state index is -2.04. The van der Waals surface area contributed by atoms with E-state index < -0.39 is 55.5 Å². The number of esters is 3. The summed E-state index contributed by atoms with van der Waals surface area (Å²) >= 11 is 0. The smallest absolute Gasteiger partial charge is 0.354 e. The molecule has 10 heteroatoms. The molecule has 0 saturated carbocycles. The molecule has 1 rings (SSSR count). The maximum atomic E-state index is 12.7. The number of carbonyl (C=O) groups excluding carboxylic acids is 3. The quantitative estimate of drug-likeness (QED) is 0.104. The van der Waals surface area contributed by atoms with Crippen LogP contribution in [-0.2, 0) is 28.6 Å². The molecule has 10 nitrogen and oxygen atoms in total. The Balaban J connectivity index is 2.31. The standard InChI is InChI=1S/C27H48O10/c1-2-3-4-12-15-21(31)16-13-10-8-6-5-7-9-11-14-17-27(20-30)26(34)36-22(18-28)24(32)35-23(19-29)25(33)37-27/h21-23,28-31H,2-20H2,1H3. The lowest BCUT2D eigenvalue weighted by Crippen LogP contribution is -2.50. The first-order valence-electron chi connectivity index (χ1n) is 14.0. The van der Waals surface area contributed by atoms with Crippen molar-refractivity contribution in [3.8, 4) is 0 Å². The highest BCUT2D eigenvalue weighted by Gasteiger charge is 2.48. The molecule has 0 aromatic carbocycles. The Morgan fingerprint density at radius 3 is 1.70 bits per heavy atom. The van der Waals surface area contributed by atoms with E-state index in [2.05, 4.69) is 6.92 Å². The van der Waals surface area contributed by atoms with E-state index in [1.54, 1.807) is 0 Å². The first-order chi connectivity index (χ1) is 17.8. The van der Waals surface area contributed by atoms with Crippen molar-refractivity contribution in [2.24, 2.45) is 0 Å². The zero-order valence-electron chi connectivity index (χ0n) is 22.4. The van der Waals surface area contributed by atoms with Crippen molar-refractivity contribution in [2.75, 3.05) is 19.8 Å². The SMILES string of the molecule is CCCCCCC(O)CCCCCCCCCCCC1(CO)OC(=O)C(CO)OC(=O)C(CO)OC1=O. The Kier molecular flexibility index (Phi) is 17.4. The van der Waals surface area contributed by atoms with Crippen LogP contribution in [0.1, 0.15) is 110 Å². The van der Waals surface area contributed by atoms with Gasteiger partial charge in [0.05, 0.1) is 25.9 Å². The van der Waals surface area contributed by atoms with Crippen LogP contribution < -0.4 is 0 Å². The number of aliphatic hydroxyl groups excluding tert-OH is 4. The molecule has 1 saturated heterocycles. The molecule has 1 heterocycles. The van der Waals surface area contributed by atoms with Crippen molar-refractivity contribution in [1.82, 2.24) is 0 Å². The van der Waals surface area contributed by atoms with Crippen LogP contribution in [0.15, 0.2) is 0 Å². The maximum Gasteiger partial charge on any atom is 0.354 e. The highest BCUT2D eigenvalue weighted by atomic mass is 16.7. The predicted molar refractivity (Wildman–Crippen MR) is 135 cm³/mol. The second-order valence-electron chi connectivity index (χ2n) is 9.98. The van der Waals surface area contributed by atoms with Gasteiger partial charge in [0.15, 0.2) is 0 Å². The molecule has 0 radical (unpaired) electrons. The number of carbonyl (C=O) groups is 3. The van der Waals surface area contributed by atoms with E-state index in [1.807, 2.05) is 0 Å². The normalized spacial score (nSPS) is 23.4. The number of hydrogen-bond acceptors (Lipinski definition) is 10. The number of aliphatic hydroxyl groups is 4. The first kappa shape index (κ1) is 33.3. The Bertz CT molecular complexity index is 653. The number of cyclic esters (lactones) is 3. The number of ether oxygens (including phenoxy) is 3. The average Bonchev–Trinajstić information content (AvgIpc) is 2.92. The van der Waals surface area contributed by atoms with Crippen molar-refractivity contribution >= 4 is 17.9 Å². The van der Waals surface area contributed by atoms with Gasteiger partial charge in [-0.3, -0.25) is 0 Å². The summed E-state index contributed by atoms with van der Waals surface area (Å²) in [5.74, 6) is -3.48. The topological polar surface area (TPSA) is 160 Å². The van der Waals surface area contributed by atoms with Gasteiger partial charge in [-0.1, -0.05) is 84.0 Å². The van der Waals surface area contributed by atoms with E-state index in [9.17, 15) is 34.8 Å². The lowest BCUT2D eigenvalue weighted by Gasteiger charge is -2.29. The third kappa shape index (κ3) is 12.6. The highest BCUT2D eigenvalue weighted by Crippen LogP contribution is 2.26. The second kappa shape index (κ2) is 19.3. The largest absolute Gasteiger partial charge is 0.445 e. The molecular formula is C27H48O10. The van der Waals surface area contributed by atoms with Crippen molar-refractivity contribution < 1.29 is 49.0 Å². The Morgan fingerprint density at radius 2 is 1.19 bits per heavy atom. The Morgan fingerprint density at radius 1 is 0.703 bits per heavy atom. The molecule has 0 amide bonds.